The summed E-state index contributed by atoms with van der Waals surface area (Å²) >= 11 is 1.05. The minimum absolute atomic E-state index is 0.269. The summed E-state index contributed by atoms with van der Waals surface area (Å²) in [6.45, 7) is 0. The average molecular weight is 423 g/mol. The standard InChI is InChI=1S/C25H18N4OS/c26-24-23(31-25(30)27-24)15-17-11-13-20(14-12-17)29-22(19-9-5-2-6-10-19)16-21(28-29)18-7-3-1-4-8-18/h1-16H,(H2,26,27,30)/b23-15-. The van der Waals surface area contributed by atoms with Crippen molar-refractivity contribution < 1.29 is 4.79 Å². The van der Waals surface area contributed by atoms with Crippen LogP contribution in [0.4, 0.5) is 4.79 Å². The molecule has 0 aliphatic carbocycles. The number of hydrogen-bond donors (Lipinski definition) is 1. The number of amides is 1. The number of aliphatic imine (C=N–C) groups is 1. The highest BCUT2D eigenvalue weighted by Crippen LogP contribution is 2.30. The van der Waals surface area contributed by atoms with Crippen LogP contribution in [0.1, 0.15) is 5.56 Å². The number of carbonyl (C=O) groups is 1. The van der Waals surface area contributed by atoms with Gasteiger partial charge in [0.2, 0.25) is 0 Å². The Balaban J connectivity index is 1.55. The summed E-state index contributed by atoms with van der Waals surface area (Å²) in [6.07, 6.45) is 1.87. The quantitative estimate of drug-likeness (QED) is 0.453. The minimum atomic E-state index is -0.280. The van der Waals surface area contributed by atoms with E-state index in [2.05, 4.69) is 35.3 Å². The van der Waals surface area contributed by atoms with Crippen molar-refractivity contribution in [3.8, 4) is 28.2 Å². The Morgan fingerprint density at radius 3 is 2.10 bits per heavy atom. The van der Waals surface area contributed by atoms with Crippen LogP contribution in [-0.2, 0) is 0 Å². The molecule has 1 aromatic heterocycles. The Bertz CT molecular complexity index is 1310. The number of thioether (sulfide) groups is 1. The van der Waals surface area contributed by atoms with Gasteiger partial charge in [0.25, 0.3) is 0 Å². The Morgan fingerprint density at radius 2 is 1.48 bits per heavy atom. The van der Waals surface area contributed by atoms with Crippen LogP contribution >= 0.6 is 11.8 Å². The van der Waals surface area contributed by atoms with Crippen LogP contribution in [0, 0.1) is 0 Å². The number of hydrogen-bond acceptors (Lipinski definition) is 4. The highest BCUT2D eigenvalue weighted by atomic mass is 32.2. The fourth-order valence-corrected chi connectivity index (χ4v) is 4.11. The largest absolute Gasteiger partial charge is 0.383 e. The van der Waals surface area contributed by atoms with Crippen LogP contribution < -0.4 is 5.73 Å². The van der Waals surface area contributed by atoms with E-state index in [1.807, 2.05) is 71.4 Å². The van der Waals surface area contributed by atoms with Gasteiger partial charge in [0.15, 0.2) is 0 Å². The predicted octanol–water partition coefficient (Wildman–Crippen LogP) is 5.77. The van der Waals surface area contributed by atoms with E-state index < -0.39 is 0 Å². The molecule has 5 rings (SSSR count). The summed E-state index contributed by atoms with van der Waals surface area (Å²) in [5.74, 6) is 0.269. The zero-order valence-corrected chi connectivity index (χ0v) is 17.3. The number of carbonyl (C=O) groups excluding carboxylic acids is 1. The second-order valence-electron chi connectivity index (χ2n) is 7.02. The normalized spacial score (nSPS) is 14.8. The molecule has 3 aromatic carbocycles. The second kappa shape index (κ2) is 8.08. The molecule has 31 heavy (non-hydrogen) atoms. The maximum Gasteiger partial charge on any atom is 0.311 e. The Kier molecular flexibility index (Phi) is 4.98. The summed E-state index contributed by atoms with van der Waals surface area (Å²) in [4.78, 5) is 15.8. The van der Waals surface area contributed by atoms with Crippen molar-refractivity contribution in [2.24, 2.45) is 10.7 Å². The maximum atomic E-state index is 11.4. The number of aromatic nitrogens is 2. The van der Waals surface area contributed by atoms with Crippen molar-refractivity contribution in [2.75, 3.05) is 0 Å². The summed E-state index contributed by atoms with van der Waals surface area (Å²) < 4.78 is 1.96. The van der Waals surface area contributed by atoms with Gasteiger partial charge in [-0.3, -0.25) is 4.79 Å². The van der Waals surface area contributed by atoms with Gasteiger partial charge in [-0.05, 0) is 41.6 Å². The van der Waals surface area contributed by atoms with Gasteiger partial charge in [0.05, 0.1) is 22.0 Å². The number of nitrogens with zero attached hydrogens (tertiary/aromatic N) is 3. The molecule has 5 nitrogen and oxygen atoms in total. The van der Waals surface area contributed by atoms with Crippen LogP contribution in [0.5, 0.6) is 0 Å². The fraction of sp³-hybridized carbons (Fsp3) is 0. The molecule has 2 heterocycles. The lowest BCUT2D eigenvalue weighted by molar-refractivity contribution is 0.268. The van der Waals surface area contributed by atoms with Gasteiger partial charge in [-0.15, -0.1) is 0 Å². The lowest BCUT2D eigenvalue weighted by Gasteiger charge is -2.08. The van der Waals surface area contributed by atoms with Gasteiger partial charge in [0.1, 0.15) is 5.84 Å². The number of nitrogens with two attached hydrogens (primary N) is 1. The summed E-state index contributed by atoms with van der Waals surface area (Å²) in [5.41, 5.74) is 11.8. The smallest absolute Gasteiger partial charge is 0.311 e. The highest BCUT2D eigenvalue weighted by Gasteiger charge is 2.18. The van der Waals surface area contributed by atoms with E-state index in [0.29, 0.717) is 4.91 Å². The lowest BCUT2D eigenvalue weighted by Crippen LogP contribution is -2.08. The molecule has 0 spiro atoms. The molecule has 0 saturated heterocycles. The van der Waals surface area contributed by atoms with Crippen molar-refractivity contribution in [3.05, 3.63) is 101 Å². The minimum Gasteiger partial charge on any atom is -0.383 e. The van der Waals surface area contributed by atoms with E-state index >= 15 is 0 Å². The van der Waals surface area contributed by atoms with Gasteiger partial charge in [0, 0.05) is 11.1 Å². The molecule has 4 aromatic rings. The maximum absolute atomic E-state index is 11.4. The molecule has 1 aliphatic heterocycles. The van der Waals surface area contributed by atoms with Crippen molar-refractivity contribution in [1.82, 2.24) is 9.78 Å². The highest BCUT2D eigenvalue weighted by molar-refractivity contribution is 8.18. The third-order valence-electron chi connectivity index (χ3n) is 4.95. The molecule has 150 valence electrons. The molecule has 0 unspecified atom stereocenters. The van der Waals surface area contributed by atoms with E-state index in [4.69, 9.17) is 10.8 Å². The molecule has 1 amide bonds. The summed E-state index contributed by atoms with van der Waals surface area (Å²) in [7, 11) is 0. The van der Waals surface area contributed by atoms with Crippen LogP contribution in [0.15, 0.2) is 101 Å². The second-order valence-corrected chi connectivity index (χ2v) is 8.02. The summed E-state index contributed by atoms with van der Waals surface area (Å²) in [5, 5.41) is 4.62. The molecule has 6 heteroatoms. The zero-order chi connectivity index (χ0) is 21.2. The third kappa shape index (κ3) is 3.93. The van der Waals surface area contributed by atoms with E-state index in [9.17, 15) is 4.79 Å². The molecular weight excluding hydrogens is 404 g/mol. The fourth-order valence-electron chi connectivity index (χ4n) is 3.43. The van der Waals surface area contributed by atoms with Crippen molar-refractivity contribution >= 4 is 28.9 Å². The van der Waals surface area contributed by atoms with Crippen molar-refractivity contribution in [3.63, 3.8) is 0 Å². The predicted molar refractivity (Wildman–Crippen MR) is 127 cm³/mol. The topological polar surface area (TPSA) is 73.3 Å². The van der Waals surface area contributed by atoms with Crippen LogP contribution in [0.2, 0.25) is 0 Å². The Hall–Kier alpha value is -3.90. The molecule has 0 radical (unpaired) electrons. The molecular formula is C25H18N4OS. The number of benzene rings is 3. The lowest BCUT2D eigenvalue weighted by atomic mass is 10.1. The van der Waals surface area contributed by atoms with Gasteiger partial charge in [-0.25, -0.2) is 4.68 Å². The van der Waals surface area contributed by atoms with E-state index in [1.165, 1.54) is 0 Å². The SMILES string of the molecule is NC1=NC(=O)S/C1=C\c1ccc(-n2nc(-c3ccccc3)cc2-c2ccccc2)cc1. The molecule has 0 bridgehead atoms. The first-order valence-corrected chi connectivity index (χ1v) is 10.6. The first-order valence-electron chi connectivity index (χ1n) is 9.77. The molecule has 1 aliphatic rings. The molecule has 0 fully saturated rings. The zero-order valence-electron chi connectivity index (χ0n) is 16.5. The van der Waals surface area contributed by atoms with Crippen molar-refractivity contribution in [2.45, 2.75) is 0 Å². The first-order chi connectivity index (χ1) is 15.2. The number of amidine groups is 1. The van der Waals surface area contributed by atoms with Gasteiger partial charge in [-0.1, -0.05) is 72.8 Å². The van der Waals surface area contributed by atoms with Crippen LogP contribution in [0.3, 0.4) is 0 Å². The van der Waals surface area contributed by atoms with Gasteiger partial charge >= 0.3 is 5.24 Å². The first kappa shape index (κ1) is 19.1. The van der Waals surface area contributed by atoms with E-state index in [1.54, 1.807) is 0 Å². The van der Waals surface area contributed by atoms with Crippen LogP contribution in [-0.4, -0.2) is 20.9 Å². The third-order valence-corrected chi connectivity index (χ3v) is 5.76. The van der Waals surface area contributed by atoms with Gasteiger partial charge in [-0.2, -0.15) is 10.1 Å². The summed E-state index contributed by atoms with van der Waals surface area (Å²) in [6, 6.07) is 30.5. The average Bonchev–Trinajstić information content (AvgIpc) is 3.39. The van der Waals surface area contributed by atoms with Gasteiger partial charge < -0.3 is 5.73 Å². The Morgan fingerprint density at radius 1 is 0.839 bits per heavy atom. The monoisotopic (exact) mass is 422 g/mol. The molecule has 2 N–H and O–H groups in total. The van der Waals surface area contributed by atoms with E-state index in [0.717, 1.165) is 45.5 Å². The Labute approximate surface area is 183 Å². The number of rotatable bonds is 4. The molecule has 0 saturated carbocycles. The molecule has 0 atom stereocenters. The van der Waals surface area contributed by atoms with Crippen LogP contribution in [0.25, 0.3) is 34.3 Å². The van der Waals surface area contributed by atoms with E-state index in [-0.39, 0.29) is 11.1 Å². The van der Waals surface area contributed by atoms with Crippen molar-refractivity contribution in [1.29, 1.82) is 0 Å².